The van der Waals surface area contributed by atoms with Crippen LogP contribution in [0.5, 0.6) is 0 Å². The van der Waals surface area contributed by atoms with Gasteiger partial charge in [-0.15, -0.1) is 0 Å². The quantitative estimate of drug-likeness (QED) is 0.134. The summed E-state index contributed by atoms with van der Waals surface area (Å²) in [7, 11) is 0. The first-order valence-corrected chi connectivity index (χ1v) is 17.4. The van der Waals surface area contributed by atoms with E-state index < -0.39 is 0 Å². The van der Waals surface area contributed by atoms with E-state index in [0.717, 1.165) is 0 Å². The zero-order valence-electron chi connectivity index (χ0n) is 27.5. The maximum absolute atomic E-state index is 2.35. The average molecular weight is 633 g/mol. The molecule has 0 heterocycles. The van der Waals surface area contributed by atoms with E-state index in [1.807, 2.05) is 0 Å². The van der Waals surface area contributed by atoms with Crippen LogP contribution in [-0.4, -0.2) is 0 Å². The van der Waals surface area contributed by atoms with Crippen molar-refractivity contribution in [2.24, 2.45) is 0 Å². The highest BCUT2D eigenvalue weighted by atomic mass is 14.2. The lowest BCUT2D eigenvalue weighted by molar-refractivity contribution is 1.62. The van der Waals surface area contributed by atoms with Crippen LogP contribution in [0.2, 0.25) is 0 Å². The van der Waals surface area contributed by atoms with Gasteiger partial charge in [-0.25, -0.2) is 0 Å². The number of rotatable bonds is 4. The van der Waals surface area contributed by atoms with Crippen LogP contribution in [0.15, 0.2) is 194 Å². The van der Waals surface area contributed by atoms with Gasteiger partial charge in [-0.05, 0) is 111 Å². The summed E-state index contributed by atoms with van der Waals surface area (Å²) in [5.41, 5.74) is 10.00. The summed E-state index contributed by atoms with van der Waals surface area (Å²) in [6, 6.07) is 71.3. The predicted molar refractivity (Wildman–Crippen MR) is 216 cm³/mol. The second kappa shape index (κ2) is 11.6. The van der Waals surface area contributed by atoms with Crippen LogP contribution in [0.1, 0.15) is 0 Å². The van der Waals surface area contributed by atoms with E-state index in [0.29, 0.717) is 0 Å². The van der Waals surface area contributed by atoms with Crippen molar-refractivity contribution in [3.63, 3.8) is 0 Å². The molecule has 0 saturated heterocycles. The fraction of sp³-hybridized carbons (Fsp3) is 0. The second-order valence-corrected chi connectivity index (χ2v) is 13.2. The molecule has 0 heteroatoms. The van der Waals surface area contributed by atoms with Crippen LogP contribution < -0.4 is 0 Å². The molecule has 10 aromatic carbocycles. The van der Waals surface area contributed by atoms with Crippen LogP contribution in [0, 0.1) is 0 Å². The standard InChI is InChI=1S/C50H32/c1-2-14-36-31-38(30-25-33(36)13-1)40-17-5-8-20-43(40)50-46-23-11-9-21-44(46)49(45-22-10-12-24-47(45)50)35-28-26-34(27-29-35)48-32-37-15-3-4-16-39(37)41-18-6-7-19-42(41)48/h1-32H. The fourth-order valence-corrected chi connectivity index (χ4v) is 8.15. The Labute approximate surface area is 291 Å². The van der Waals surface area contributed by atoms with Crippen molar-refractivity contribution in [2.45, 2.75) is 0 Å². The zero-order valence-corrected chi connectivity index (χ0v) is 27.5. The van der Waals surface area contributed by atoms with E-state index in [9.17, 15) is 0 Å². The summed E-state index contributed by atoms with van der Waals surface area (Å²) in [5, 5.41) is 12.7. The molecule has 0 aliphatic rings. The molecule has 0 amide bonds. The summed E-state index contributed by atoms with van der Waals surface area (Å²) < 4.78 is 0. The Morgan fingerprint density at radius 2 is 0.660 bits per heavy atom. The van der Waals surface area contributed by atoms with Gasteiger partial charge in [0.2, 0.25) is 0 Å². The summed E-state index contributed by atoms with van der Waals surface area (Å²) in [6.45, 7) is 0. The third kappa shape index (κ3) is 4.54. The molecule has 0 saturated carbocycles. The first kappa shape index (κ1) is 28.5. The largest absolute Gasteiger partial charge is 0.0616 e. The Bertz CT molecular complexity index is 2850. The van der Waals surface area contributed by atoms with Crippen molar-refractivity contribution >= 4 is 53.9 Å². The van der Waals surface area contributed by atoms with Gasteiger partial charge >= 0.3 is 0 Å². The lowest BCUT2D eigenvalue weighted by Crippen LogP contribution is -1.93. The Hall–Kier alpha value is -6.50. The van der Waals surface area contributed by atoms with E-state index >= 15 is 0 Å². The number of fused-ring (bicyclic) bond motifs is 6. The minimum absolute atomic E-state index is 1.22. The molecular formula is C50H32. The molecule has 0 aliphatic carbocycles. The van der Waals surface area contributed by atoms with Gasteiger partial charge < -0.3 is 0 Å². The summed E-state index contributed by atoms with van der Waals surface area (Å²) in [4.78, 5) is 0. The molecule has 0 bridgehead atoms. The topological polar surface area (TPSA) is 0 Å². The van der Waals surface area contributed by atoms with Crippen molar-refractivity contribution < 1.29 is 0 Å². The maximum atomic E-state index is 2.35. The van der Waals surface area contributed by atoms with Gasteiger partial charge in [0.1, 0.15) is 0 Å². The number of hydrogen-bond acceptors (Lipinski definition) is 0. The molecule has 10 aromatic rings. The van der Waals surface area contributed by atoms with E-state index in [1.165, 1.54) is 98.4 Å². The number of hydrogen-bond donors (Lipinski definition) is 0. The van der Waals surface area contributed by atoms with Gasteiger partial charge in [-0.2, -0.15) is 0 Å². The minimum Gasteiger partial charge on any atom is -0.0616 e. The first-order valence-electron chi connectivity index (χ1n) is 17.4. The molecular weight excluding hydrogens is 601 g/mol. The molecule has 10 rings (SSSR count). The third-order valence-electron chi connectivity index (χ3n) is 10.4. The van der Waals surface area contributed by atoms with E-state index in [2.05, 4.69) is 194 Å². The normalized spacial score (nSPS) is 11.6. The Balaban J connectivity index is 1.18. The highest BCUT2D eigenvalue weighted by molar-refractivity contribution is 6.22. The Morgan fingerprint density at radius 3 is 1.34 bits per heavy atom. The molecule has 0 N–H and O–H groups in total. The van der Waals surface area contributed by atoms with Crippen LogP contribution in [-0.2, 0) is 0 Å². The highest BCUT2D eigenvalue weighted by Crippen LogP contribution is 2.46. The van der Waals surface area contributed by atoms with Crippen LogP contribution in [0.3, 0.4) is 0 Å². The molecule has 232 valence electrons. The SMILES string of the molecule is c1ccc(-c2c3ccccc3c(-c3ccc(-c4cc5ccccc5c5ccccc45)cc3)c3ccccc23)c(-c2ccc3ccccc3c2)c1. The van der Waals surface area contributed by atoms with Crippen molar-refractivity contribution in [1.29, 1.82) is 0 Å². The average Bonchev–Trinajstić information content (AvgIpc) is 3.19. The highest BCUT2D eigenvalue weighted by Gasteiger charge is 2.19. The van der Waals surface area contributed by atoms with Gasteiger partial charge in [-0.1, -0.05) is 182 Å². The molecule has 0 fully saturated rings. The molecule has 0 nitrogen and oxygen atoms in total. The third-order valence-corrected chi connectivity index (χ3v) is 10.4. The van der Waals surface area contributed by atoms with Crippen molar-refractivity contribution in [2.75, 3.05) is 0 Å². The van der Waals surface area contributed by atoms with Crippen molar-refractivity contribution in [1.82, 2.24) is 0 Å². The number of benzene rings is 10. The van der Waals surface area contributed by atoms with Gasteiger partial charge in [0, 0.05) is 0 Å². The Morgan fingerprint density at radius 1 is 0.200 bits per heavy atom. The lowest BCUT2D eigenvalue weighted by Gasteiger charge is -2.20. The minimum atomic E-state index is 1.22. The van der Waals surface area contributed by atoms with E-state index in [-0.39, 0.29) is 0 Å². The van der Waals surface area contributed by atoms with Gasteiger partial charge in [0.05, 0.1) is 0 Å². The first-order chi connectivity index (χ1) is 24.8. The summed E-state index contributed by atoms with van der Waals surface area (Å²) >= 11 is 0. The van der Waals surface area contributed by atoms with Crippen LogP contribution >= 0.6 is 0 Å². The molecule has 0 radical (unpaired) electrons. The van der Waals surface area contributed by atoms with Crippen molar-refractivity contribution in [3.05, 3.63) is 194 Å². The molecule has 0 unspecified atom stereocenters. The van der Waals surface area contributed by atoms with Crippen LogP contribution in [0.25, 0.3) is 98.4 Å². The van der Waals surface area contributed by atoms with Gasteiger partial charge in [-0.3, -0.25) is 0 Å². The molecule has 0 atom stereocenters. The van der Waals surface area contributed by atoms with Gasteiger partial charge in [0.15, 0.2) is 0 Å². The van der Waals surface area contributed by atoms with Crippen LogP contribution in [0.4, 0.5) is 0 Å². The van der Waals surface area contributed by atoms with E-state index in [4.69, 9.17) is 0 Å². The van der Waals surface area contributed by atoms with Crippen molar-refractivity contribution in [3.8, 4) is 44.5 Å². The Kier molecular flexibility index (Phi) is 6.60. The molecule has 50 heavy (non-hydrogen) atoms. The maximum Gasteiger partial charge on any atom is -0.00201 e. The van der Waals surface area contributed by atoms with Gasteiger partial charge in [0.25, 0.3) is 0 Å². The fourth-order valence-electron chi connectivity index (χ4n) is 8.15. The second-order valence-electron chi connectivity index (χ2n) is 13.2. The smallest absolute Gasteiger partial charge is 0.00201 e. The molecule has 0 aromatic heterocycles. The molecule has 0 spiro atoms. The predicted octanol–water partition coefficient (Wildman–Crippen LogP) is 14.1. The summed E-state index contributed by atoms with van der Waals surface area (Å²) in [5.74, 6) is 0. The monoisotopic (exact) mass is 632 g/mol. The zero-order chi connectivity index (χ0) is 33.0. The molecule has 0 aliphatic heterocycles. The summed E-state index contributed by atoms with van der Waals surface area (Å²) in [6.07, 6.45) is 0. The lowest BCUT2D eigenvalue weighted by atomic mass is 9.83. The van der Waals surface area contributed by atoms with E-state index in [1.54, 1.807) is 0 Å².